The van der Waals surface area contributed by atoms with Gasteiger partial charge in [-0.25, -0.2) is 0 Å². The molecule has 0 unspecified atom stereocenters. The first-order valence-electron chi connectivity index (χ1n) is 38.9. The van der Waals surface area contributed by atoms with E-state index in [4.69, 9.17) is 66.3 Å². The van der Waals surface area contributed by atoms with Crippen LogP contribution in [0.1, 0.15) is 89.9 Å². The minimum atomic E-state index is -2.23. The van der Waals surface area contributed by atoms with Crippen LogP contribution in [0.15, 0.2) is 0 Å². The molecule has 42 nitrogen and oxygen atoms in total. The van der Waals surface area contributed by atoms with Crippen molar-refractivity contribution in [2.24, 2.45) is 0 Å². The third kappa shape index (κ3) is 30.4. The van der Waals surface area contributed by atoms with Gasteiger partial charge in [0.15, 0.2) is 44.0 Å². The van der Waals surface area contributed by atoms with Gasteiger partial charge in [0, 0.05) is 85.2 Å². The summed E-state index contributed by atoms with van der Waals surface area (Å²) in [5.74, 6) is -8.74. The molecule has 0 spiro atoms. The van der Waals surface area contributed by atoms with Gasteiger partial charge in [-0.3, -0.25) is 33.6 Å². The monoisotopic (exact) mass is 1850 g/mol. The Balaban J connectivity index is 1.22. The van der Waals surface area contributed by atoms with E-state index in [-0.39, 0.29) is 170 Å². The SMILES string of the molecule is O=C(O)CCCSC[C@H]1O[C@@H]2O[C@H]3[C@H](O)[C@@H](O)[C@@H](O[C@H]4[C@H](O)[C@@H](O)[C@@H](O[C@H]5[C@@H](O)[C@@H](O)[C@@H](O[C@H]6[C@@H](O)[C@@H](O)[C@@H](O[C@H]7[C@H](O)[C@@H](O)[C@@H](O[C@H]8[C@H](O)[C@@H](O)[C@@H](O[C@H]1[C@H](O)[C@H]2O)O[C@@H]8CSCCCC(=O)O)O[C@@H]7CSCCCC(=O)O)O[C@@H]6CSCCCC(=O)O)O[C@@H]5CSCCCC(=O)O)O[C@@H]4CSCCCC(=O)O)O[C@@H]3CSCCCC(=O)O. The molecule has 49 heteroatoms. The summed E-state index contributed by atoms with van der Waals surface area (Å²) < 4.78 is 89.0. The van der Waals surface area contributed by atoms with Crippen LogP contribution < -0.4 is 0 Å². The van der Waals surface area contributed by atoms with Gasteiger partial charge in [-0.2, -0.15) is 82.3 Å². The molecule has 0 amide bonds. The van der Waals surface area contributed by atoms with Crippen LogP contribution in [0.25, 0.3) is 0 Å². The average molecular weight is 1850 g/mol. The molecule has 21 saturated heterocycles. The molecule has 35 atom stereocenters. The number of aliphatic carboxylic acids is 7. The molecule has 14 bridgehead atoms. The lowest BCUT2D eigenvalue weighted by molar-refractivity contribution is -0.389. The smallest absolute Gasteiger partial charge is 0.303 e. The lowest BCUT2D eigenvalue weighted by atomic mass is 9.95. The van der Waals surface area contributed by atoms with Gasteiger partial charge in [0.2, 0.25) is 0 Å². The number of hydrogen-bond acceptors (Lipinski definition) is 42. The Labute approximate surface area is 712 Å². The van der Waals surface area contributed by atoms with E-state index in [2.05, 4.69) is 0 Å². The van der Waals surface area contributed by atoms with Crippen LogP contribution in [0.4, 0.5) is 0 Å². The molecule has 21 rings (SSSR count). The zero-order valence-corrected chi connectivity index (χ0v) is 70.0. The van der Waals surface area contributed by atoms with Crippen molar-refractivity contribution in [3.8, 4) is 0 Å². The summed E-state index contributed by atoms with van der Waals surface area (Å²) in [6, 6.07) is 0. The molecule has 21 aliphatic rings. The van der Waals surface area contributed by atoms with Crippen molar-refractivity contribution < 1.29 is 207 Å². The Hall–Kier alpha value is -2.38. The standard InChI is InChI=1S/C70H112O42S7/c71-36(72)8-1-15-113-22-29-57-43(85)50(92)64(99-29)107-58-30(23-114-16-2-9-37(73)74)101-66(52(94)45(58)87)109-60-32(25-116-18-4-11-39(77)78)103-68(54(96)47(60)89)111-62-34(27-118-20-6-13-41(81)82)105-70(56(98)49(62)91)112-63-35(28-119-21-7-14-42(83)84)104-69(55(97)48(63)90)110-61-33(26-117-19-5-12-40(79)80)102-67(53(95)46(61)88)108-59-31(24-115-17-3-10-38(75)76)100-65(106-57)51(93)44(59)86/h29-35,43-70,85-98H,1-28H2,(H,71,72)(H,73,74)(H,75,76)(H,77,78)(H,79,80)(H,81,82)(H,83,84)/t29-,30-,31-,32-,33-,34-,35-,43-,44-,45-,46-,47-,48+,49+,50-,51-,52-,53-,54-,55-,56-,57-,58-,59-,60-,61-,62-,63-,64-,65-,66-,67-,68-,69-,70-/m1/s1. The molecule has 21 aliphatic heterocycles. The van der Waals surface area contributed by atoms with Gasteiger partial charge in [-0.1, -0.05) is 0 Å². The van der Waals surface area contributed by atoms with E-state index < -0.39 is 257 Å². The van der Waals surface area contributed by atoms with E-state index in [0.29, 0.717) is 0 Å². The molecular weight excluding hydrogens is 1740 g/mol. The van der Waals surface area contributed by atoms with E-state index in [0.717, 1.165) is 82.3 Å². The summed E-state index contributed by atoms with van der Waals surface area (Å²) >= 11 is 7.45. The fourth-order valence-corrected chi connectivity index (χ4v) is 21.1. The first-order chi connectivity index (χ1) is 56.6. The number of carboxylic acids is 7. The molecule has 686 valence electrons. The van der Waals surface area contributed by atoms with Gasteiger partial charge in [0.1, 0.15) is 128 Å². The van der Waals surface area contributed by atoms with Gasteiger partial charge >= 0.3 is 41.8 Å². The molecule has 21 N–H and O–H groups in total. The minimum absolute atomic E-state index is 0.0923. The van der Waals surface area contributed by atoms with Gasteiger partial charge in [0.05, 0.1) is 42.7 Å². The van der Waals surface area contributed by atoms with E-state index in [1.165, 1.54) is 0 Å². The second-order valence-electron chi connectivity index (χ2n) is 29.4. The lowest BCUT2D eigenvalue weighted by Crippen LogP contribution is -2.68. The van der Waals surface area contributed by atoms with E-state index in [1.807, 2.05) is 0 Å². The highest BCUT2D eigenvalue weighted by atomic mass is 32.2. The Morgan fingerprint density at radius 3 is 0.387 bits per heavy atom. The second-order valence-corrected chi connectivity index (χ2v) is 37.4. The predicted molar refractivity (Wildman–Crippen MR) is 418 cm³/mol. The molecule has 0 saturated carbocycles. The predicted octanol–water partition coefficient (Wildman–Crippen LogP) is -3.99. The molecule has 21 heterocycles. The number of carbonyl (C=O) groups is 7. The summed E-state index contributed by atoms with van der Waals surface area (Å²) in [5, 5.41) is 238. The maximum Gasteiger partial charge on any atom is 0.303 e. The van der Waals surface area contributed by atoms with E-state index in [9.17, 15) is 141 Å². The Morgan fingerprint density at radius 1 is 0.176 bits per heavy atom. The highest BCUT2D eigenvalue weighted by Crippen LogP contribution is 2.42. The number of aliphatic hydroxyl groups is 14. The third-order valence-electron chi connectivity index (χ3n) is 20.3. The molecule has 0 aliphatic carbocycles. The highest BCUT2D eigenvalue weighted by molar-refractivity contribution is 8.00. The summed E-state index contributed by atoms with van der Waals surface area (Å²) in [4.78, 5) is 81.2. The number of thioether (sulfide) groups is 7. The van der Waals surface area contributed by atoms with Crippen molar-refractivity contribution in [3.05, 3.63) is 0 Å². The number of aliphatic hydroxyl groups excluding tert-OH is 14. The van der Waals surface area contributed by atoms with Crippen LogP contribution in [-0.4, -0.2) is 445 Å². The van der Waals surface area contributed by atoms with Gasteiger partial charge in [0.25, 0.3) is 0 Å². The fourth-order valence-electron chi connectivity index (χ4n) is 14.0. The van der Waals surface area contributed by atoms with Gasteiger partial charge in [-0.15, -0.1) is 0 Å². The number of ether oxygens (including phenoxy) is 14. The Kier molecular flexibility index (Phi) is 43.7. The van der Waals surface area contributed by atoms with Crippen LogP contribution in [0.3, 0.4) is 0 Å². The van der Waals surface area contributed by atoms with Crippen molar-refractivity contribution in [1.29, 1.82) is 0 Å². The fraction of sp³-hybridized carbons (Fsp3) is 0.900. The molecule has 0 aromatic heterocycles. The normalized spacial score (nSPS) is 39.8. The van der Waals surface area contributed by atoms with Crippen molar-refractivity contribution in [2.45, 2.75) is 305 Å². The molecule has 0 aromatic rings. The average Bonchev–Trinajstić information content (AvgIpc) is 0.957. The Morgan fingerprint density at radius 2 is 0.286 bits per heavy atom. The summed E-state index contributed by atoms with van der Waals surface area (Å²) in [5.41, 5.74) is 0. The minimum Gasteiger partial charge on any atom is -0.481 e. The lowest BCUT2D eigenvalue weighted by Gasteiger charge is -2.50. The molecule has 0 radical (unpaired) electrons. The zero-order chi connectivity index (χ0) is 86.9. The zero-order valence-electron chi connectivity index (χ0n) is 64.3. The first kappa shape index (κ1) is 102. The maximum atomic E-state index is 12.3. The van der Waals surface area contributed by atoms with Crippen LogP contribution in [0.2, 0.25) is 0 Å². The number of carboxylic acid groups (broad SMARTS) is 7. The first-order valence-corrected chi connectivity index (χ1v) is 47.0. The van der Waals surface area contributed by atoms with Crippen LogP contribution >= 0.6 is 82.3 Å². The summed E-state index contributed by atoms with van der Waals surface area (Å²) in [7, 11) is 0. The number of rotatable bonds is 42. The second kappa shape index (κ2) is 51.0. The van der Waals surface area contributed by atoms with Gasteiger partial charge in [-0.05, 0) is 85.2 Å². The van der Waals surface area contributed by atoms with Crippen LogP contribution in [0, 0.1) is 0 Å². The van der Waals surface area contributed by atoms with E-state index in [1.54, 1.807) is 0 Å². The molecular formula is C70H112O42S7. The maximum absolute atomic E-state index is 12.3. The Bertz CT molecular complexity index is 2550. The quantitative estimate of drug-likeness (QED) is 0.0259. The highest BCUT2D eigenvalue weighted by Gasteiger charge is 2.60. The molecule has 119 heavy (non-hydrogen) atoms. The van der Waals surface area contributed by atoms with Crippen molar-refractivity contribution >= 4 is 124 Å². The van der Waals surface area contributed by atoms with E-state index >= 15 is 0 Å². The third-order valence-corrected chi connectivity index (χ3v) is 28.2. The molecule has 21 fully saturated rings. The van der Waals surface area contributed by atoms with Crippen molar-refractivity contribution in [3.63, 3.8) is 0 Å². The van der Waals surface area contributed by atoms with Crippen molar-refractivity contribution in [1.82, 2.24) is 0 Å². The van der Waals surface area contributed by atoms with Crippen LogP contribution in [-0.2, 0) is 99.9 Å². The van der Waals surface area contributed by atoms with Gasteiger partial charge < -0.3 is 174 Å². The topological polar surface area (TPSA) is 674 Å². The summed E-state index contributed by atoms with van der Waals surface area (Å²) in [6.45, 7) is 0. The largest absolute Gasteiger partial charge is 0.481 e. The number of hydrogen-bond donors (Lipinski definition) is 21. The van der Waals surface area contributed by atoms with Crippen LogP contribution in [0.5, 0.6) is 0 Å². The van der Waals surface area contributed by atoms with Crippen molar-refractivity contribution in [2.75, 3.05) is 80.5 Å². The molecule has 0 aromatic carbocycles. The summed E-state index contributed by atoms with van der Waals surface area (Å²) in [6.07, 6.45) is -69.5.